The van der Waals surface area contributed by atoms with Crippen LogP contribution in [-0.2, 0) is 26.2 Å². The third-order valence-electron chi connectivity index (χ3n) is 6.30. The fourth-order valence-corrected chi connectivity index (χ4v) is 5.23. The molecule has 0 bridgehead atoms. The topological polar surface area (TPSA) is 86.8 Å². The minimum absolute atomic E-state index is 0.0474. The van der Waals surface area contributed by atoms with Gasteiger partial charge in [0.25, 0.3) is 0 Å². The molecule has 0 aromatic heterocycles. The molecule has 36 heavy (non-hydrogen) atoms. The van der Waals surface area contributed by atoms with E-state index in [1.807, 2.05) is 33.8 Å². The minimum atomic E-state index is -3.82. The van der Waals surface area contributed by atoms with E-state index >= 15 is 0 Å². The van der Waals surface area contributed by atoms with Crippen molar-refractivity contribution in [1.82, 2.24) is 10.2 Å². The van der Waals surface area contributed by atoms with Crippen molar-refractivity contribution < 1.29 is 18.0 Å². The van der Waals surface area contributed by atoms with Crippen molar-refractivity contribution in [2.45, 2.75) is 66.1 Å². The van der Waals surface area contributed by atoms with E-state index in [0.717, 1.165) is 28.1 Å². The molecule has 2 amide bonds. The molecule has 0 radical (unpaired) electrons. The Bertz CT molecular complexity index is 1180. The first kappa shape index (κ1) is 29.9. The summed E-state index contributed by atoms with van der Waals surface area (Å²) in [5, 5.41) is 3.64. The van der Waals surface area contributed by atoms with Gasteiger partial charge >= 0.3 is 0 Å². The Morgan fingerprint density at radius 3 is 2.11 bits per heavy atom. The molecule has 0 aliphatic carbocycles. The van der Waals surface area contributed by atoms with Crippen molar-refractivity contribution >= 4 is 50.7 Å². The van der Waals surface area contributed by atoms with Crippen LogP contribution in [0.1, 0.15) is 50.3 Å². The number of rotatable bonds is 11. The maximum atomic E-state index is 13.8. The van der Waals surface area contributed by atoms with Crippen LogP contribution < -0.4 is 9.62 Å². The first-order valence-corrected chi connectivity index (χ1v) is 14.5. The van der Waals surface area contributed by atoms with Gasteiger partial charge in [-0.1, -0.05) is 55.2 Å². The number of nitrogens with zero attached hydrogens (tertiary/aromatic N) is 2. The average Bonchev–Trinajstić information content (AvgIpc) is 2.80. The summed E-state index contributed by atoms with van der Waals surface area (Å²) in [5.74, 6) is -0.857. The maximum Gasteiger partial charge on any atom is 0.244 e. The number of aryl methyl sites for hydroxylation is 1. The van der Waals surface area contributed by atoms with Crippen LogP contribution in [-0.4, -0.2) is 50.0 Å². The van der Waals surface area contributed by atoms with Crippen molar-refractivity contribution in [3.05, 3.63) is 63.1 Å². The molecular weight excluding hydrogens is 521 g/mol. The normalized spacial score (nSPS) is 13.1. The molecule has 1 N–H and O–H groups in total. The van der Waals surface area contributed by atoms with Crippen molar-refractivity contribution in [3.8, 4) is 0 Å². The lowest BCUT2D eigenvalue weighted by Gasteiger charge is -2.34. The molecule has 0 heterocycles. The summed E-state index contributed by atoms with van der Waals surface area (Å²) >= 11 is 12.8. The second-order valence-electron chi connectivity index (χ2n) is 8.95. The molecule has 2 aromatic carbocycles. The molecule has 0 saturated carbocycles. The largest absolute Gasteiger partial charge is 0.352 e. The van der Waals surface area contributed by atoms with E-state index in [4.69, 9.17) is 23.2 Å². The number of hydrogen-bond acceptors (Lipinski definition) is 4. The third-order valence-corrected chi connectivity index (χ3v) is 8.14. The number of sulfonamides is 1. The average molecular weight is 557 g/mol. The van der Waals surface area contributed by atoms with Crippen LogP contribution in [0.2, 0.25) is 10.0 Å². The lowest BCUT2D eigenvalue weighted by Crippen LogP contribution is -2.53. The molecular formula is C26H35Cl2N3O4S. The van der Waals surface area contributed by atoms with Crippen LogP contribution in [0.25, 0.3) is 0 Å². The summed E-state index contributed by atoms with van der Waals surface area (Å²) in [7, 11) is -3.82. The fourth-order valence-electron chi connectivity index (χ4n) is 3.81. The predicted octanol–water partition coefficient (Wildman–Crippen LogP) is 5.10. The van der Waals surface area contributed by atoms with Gasteiger partial charge in [-0.2, -0.15) is 0 Å². The number of halogens is 2. The fraction of sp³-hybridized carbons (Fsp3) is 0.462. The van der Waals surface area contributed by atoms with Gasteiger partial charge in [0.2, 0.25) is 21.8 Å². The van der Waals surface area contributed by atoms with Crippen LogP contribution in [0.4, 0.5) is 5.69 Å². The Morgan fingerprint density at radius 2 is 1.58 bits per heavy atom. The molecule has 2 aromatic rings. The van der Waals surface area contributed by atoms with Gasteiger partial charge in [0.05, 0.1) is 11.9 Å². The highest BCUT2D eigenvalue weighted by Crippen LogP contribution is 2.29. The number of nitrogens with one attached hydrogen (secondary N) is 1. The molecule has 7 nitrogen and oxygen atoms in total. The molecule has 0 spiro atoms. The van der Waals surface area contributed by atoms with Crippen molar-refractivity contribution in [2.24, 2.45) is 0 Å². The summed E-state index contributed by atoms with van der Waals surface area (Å²) in [6.45, 7) is 8.79. The molecule has 2 atom stereocenters. The molecule has 2 rings (SSSR count). The number of anilines is 1. The molecule has 0 aliphatic rings. The van der Waals surface area contributed by atoms with Gasteiger partial charge in [0.1, 0.15) is 12.6 Å². The van der Waals surface area contributed by atoms with Crippen LogP contribution in [0.3, 0.4) is 0 Å². The Balaban J connectivity index is 2.55. The zero-order valence-corrected chi connectivity index (χ0v) is 24.0. The van der Waals surface area contributed by atoms with Gasteiger partial charge in [-0.15, -0.1) is 0 Å². The van der Waals surface area contributed by atoms with Gasteiger partial charge in [0, 0.05) is 28.2 Å². The third kappa shape index (κ3) is 7.37. The zero-order chi connectivity index (χ0) is 27.2. The van der Waals surface area contributed by atoms with Gasteiger partial charge in [-0.3, -0.25) is 13.9 Å². The Kier molecular flexibility index (Phi) is 10.6. The van der Waals surface area contributed by atoms with E-state index in [9.17, 15) is 18.0 Å². The number of carbonyl (C=O) groups excluding carboxylic acids is 2. The maximum absolute atomic E-state index is 13.8. The second kappa shape index (κ2) is 12.8. The lowest BCUT2D eigenvalue weighted by molar-refractivity contribution is -0.140. The Morgan fingerprint density at radius 1 is 1.00 bits per heavy atom. The highest BCUT2D eigenvalue weighted by Gasteiger charge is 2.33. The summed E-state index contributed by atoms with van der Waals surface area (Å²) in [4.78, 5) is 28.4. The molecule has 0 aliphatic heterocycles. The van der Waals surface area contributed by atoms with Gasteiger partial charge < -0.3 is 10.2 Å². The quantitative estimate of drug-likeness (QED) is 0.418. The van der Waals surface area contributed by atoms with E-state index in [1.54, 1.807) is 37.3 Å². The van der Waals surface area contributed by atoms with E-state index in [1.165, 1.54) is 4.90 Å². The smallest absolute Gasteiger partial charge is 0.244 e. The van der Waals surface area contributed by atoms with Crippen molar-refractivity contribution in [3.63, 3.8) is 0 Å². The van der Waals surface area contributed by atoms with Gasteiger partial charge in [0.15, 0.2) is 0 Å². The predicted molar refractivity (Wildman–Crippen MR) is 147 cm³/mol. The van der Waals surface area contributed by atoms with Crippen LogP contribution in [0.5, 0.6) is 0 Å². The standard InChI is InChI=1S/C26H35Cl2N3O4S/c1-7-18(4)29-26(33)23(8-2)30(15-20-21(27)12-10-13-22(20)28)25(32)16-31(36(6,34)35)24-14-9-11-17(3)19(24)5/h9-14,18,23H,7-8,15-16H2,1-6H3,(H,29,33)/t18-,23+/m1/s1. The number of carbonyl (C=O) groups is 2. The molecule has 198 valence electrons. The molecule has 0 unspecified atom stereocenters. The monoisotopic (exact) mass is 555 g/mol. The zero-order valence-electron chi connectivity index (χ0n) is 21.6. The summed E-state index contributed by atoms with van der Waals surface area (Å²) in [6, 6.07) is 9.36. The van der Waals surface area contributed by atoms with Gasteiger partial charge in [-0.05, 0) is 62.9 Å². The van der Waals surface area contributed by atoms with Crippen LogP contribution in [0.15, 0.2) is 36.4 Å². The highest BCUT2D eigenvalue weighted by molar-refractivity contribution is 7.92. The summed E-state index contributed by atoms with van der Waals surface area (Å²) in [6.07, 6.45) is 2.10. The minimum Gasteiger partial charge on any atom is -0.352 e. The lowest BCUT2D eigenvalue weighted by atomic mass is 10.1. The van der Waals surface area contributed by atoms with Gasteiger partial charge in [-0.25, -0.2) is 8.42 Å². The number of benzene rings is 2. The SMILES string of the molecule is CC[C@@H](C)NC(=O)[C@H](CC)N(Cc1c(Cl)cccc1Cl)C(=O)CN(c1cccc(C)c1C)S(C)(=O)=O. The van der Waals surface area contributed by atoms with Crippen LogP contribution in [0, 0.1) is 13.8 Å². The number of hydrogen-bond donors (Lipinski definition) is 1. The van der Waals surface area contributed by atoms with E-state index in [-0.39, 0.29) is 18.5 Å². The Hall–Kier alpha value is -2.29. The first-order chi connectivity index (χ1) is 16.8. The first-order valence-electron chi connectivity index (χ1n) is 11.9. The van der Waals surface area contributed by atoms with E-state index in [2.05, 4.69) is 5.32 Å². The van der Waals surface area contributed by atoms with E-state index < -0.39 is 28.5 Å². The van der Waals surface area contributed by atoms with Crippen molar-refractivity contribution in [2.75, 3.05) is 17.1 Å². The summed E-state index contributed by atoms with van der Waals surface area (Å²) in [5.41, 5.74) is 2.55. The van der Waals surface area contributed by atoms with Crippen molar-refractivity contribution in [1.29, 1.82) is 0 Å². The number of amides is 2. The molecule has 0 saturated heterocycles. The Labute approximate surface area is 224 Å². The molecule has 0 fully saturated rings. The highest BCUT2D eigenvalue weighted by atomic mass is 35.5. The summed E-state index contributed by atoms with van der Waals surface area (Å²) < 4.78 is 26.7. The molecule has 10 heteroatoms. The van der Waals surface area contributed by atoms with E-state index in [0.29, 0.717) is 27.7 Å². The second-order valence-corrected chi connectivity index (χ2v) is 11.7. The van der Waals surface area contributed by atoms with Crippen LogP contribution >= 0.6 is 23.2 Å².